The van der Waals surface area contributed by atoms with Gasteiger partial charge in [-0.2, -0.15) is 6.20 Å². The van der Waals surface area contributed by atoms with Crippen molar-refractivity contribution in [3.63, 3.8) is 0 Å². The summed E-state index contributed by atoms with van der Waals surface area (Å²) in [6, 6.07) is 46.2. The Labute approximate surface area is 336 Å². The maximum absolute atomic E-state index is 5.10. The Morgan fingerprint density at radius 3 is 2.24 bits per heavy atom. The predicted molar refractivity (Wildman–Crippen MR) is 235 cm³/mol. The number of hydrogen-bond donors (Lipinski definition) is 0. The summed E-state index contributed by atoms with van der Waals surface area (Å²) in [6.45, 7) is 3.01. The van der Waals surface area contributed by atoms with Gasteiger partial charge in [0.2, 0.25) is 0 Å². The number of fused-ring (bicyclic) bond motifs is 10. The van der Waals surface area contributed by atoms with E-state index in [1.807, 2.05) is 43.1 Å². The summed E-state index contributed by atoms with van der Waals surface area (Å²) in [5, 5.41) is 8.17. The summed E-state index contributed by atoms with van der Waals surface area (Å²) in [6.07, 6.45) is 18.9. The summed E-state index contributed by atoms with van der Waals surface area (Å²) in [5.74, 6) is 0.279. The second-order valence-electron chi connectivity index (χ2n) is 15.6. The zero-order valence-corrected chi connectivity index (χ0v) is 31.9. The summed E-state index contributed by atoms with van der Waals surface area (Å²) in [4.78, 5) is 14.7. The SMILES string of the molecule is CC1C=C(c2ccc(-n3c4ccccc4c4c5c(ccc43)-c3ccccc3C5(c3ccccn3)c3ccccn3)cc2)C=CC1n1c2c(c3cnccc31)C[N-]C=C2. The van der Waals surface area contributed by atoms with Crippen molar-refractivity contribution >= 4 is 44.4 Å². The summed E-state index contributed by atoms with van der Waals surface area (Å²) < 4.78 is 4.90. The van der Waals surface area contributed by atoms with Crippen molar-refractivity contribution in [2.75, 3.05) is 0 Å². The molecule has 276 valence electrons. The third kappa shape index (κ3) is 4.51. The quantitative estimate of drug-likeness (QED) is 0.176. The molecule has 1 aliphatic heterocycles. The fourth-order valence-corrected chi connectivity index (χ4v) is 10.3. The monoisotopic (exact) mass is 745 g/mol. The average Bonchev–Trinajstić information content (AvgIpc) is 3.91. The average molecular weight is 746 g/mol. The van der Waals surface area contributed by atoms with E-state index in [4.69, 9.17) is 9.97 Å². The number of nitrogens with zero attached hydrogens (tertiary/aromatic N) is 6. The van der Waals surface area contributed by atoms with Crippen LogP contribution in [-0.2, 0) is 12.0 Å². The molecule has 2 unspecified atom stereocenters. The summed E-state index contributed by atoms with van der Waals surface area (Å²) in [7, 11) is 0. The maximum Gasteiger partial charge on any atom is 0.106 e. The van der Waals surface area contributed by atoms with Gasteiger partial charge in [0.05, 0.1) is 34.0 Å². The van der Waals surface area contributed by atoms with E-state index in [-0.39, 0.29) is 12.0 Å². The van der Waals surface area contributed by atoms with Crippen LogP contribution in [0.25, 0.3) is 66.5 Å². The topological polar surface area (TPSA) is 62.6 Å². The molecule has 0 N–H and O–H groups in total. The van der Waals surface area contributed by atoms with E-state index in [0.29, 0.717) is 6.54 Å². The Bertz CT molecular complexity index is 3150. The van der Waals surface area contributed by atoms with Gasteiger partial charge < -0.3 is 14.5 Å². The highest BCUT2D eigenvalue weighted by Crippen LogP contribution is 2.58. The molecular formula is C52H37N6-. The molecule has 2 atom stereocenters. The minimum absolute atomic E-state index is 0.189. The predicted octanol–water partition coefficient (Wildman–Crippen LogP) is 12.0. The molecule has 6 nitrogen and oxygen atoms in total. The van der Waals surface area contributed by atoms with Crippen LogP contribution in [0.2, 0.25) is 0 Å². The van der Waals surface area contributed by atoms with E-state index in [1.165, 1.54) is 66.3 Å². The number of rotatable bonds is 5. The molecule has 9 aromatic rings. The van der Waals surface area contributed by atoms with Crippen LogP contribution in [0.1, 0.15) is 52.3 Å². The Kier molecular flexibility index (Phi) is 7.14. The van der Waals surface area contributed by atoms with E-state index >= 15 is 0 Å². The molecule has 58 heavy (non-hydrogen) atoms. The molecule has 12 rings (SSSR count). The number of hydrogen-bond acceptors (Lipinski definition) is 3. The third-order valence-corrected chi connectivity index (χ3v) is 12.7. The Morgan fingerprint density at radius 2 is 1.45 bits per heavy atom. The molecule has 0 fully saturated rings. The standard InChI is InChI=1S/C52H37N6/c1-33-30-35(18-22-43(33)58-45-24-28-53-31-40(45)41-32-54-29-25-46(41)58)34-16-19-36(20-17-34)57-44-13-5-3-11-39(44)50-47(57)23-21-38-37-10-2-4-12-42(37)52(51(38)50,48-14-6-8-26-55-48)49-15-7-9-27-56-49/h2-31,33,43H,32H2,1H3/q-1. The van der Waals surface area contributed by atoms with Gasteiger partial charge in [0.1, 0.15) is 5.41 Å². The van der Waals surface area contributed by atoms with Crippen molar-refractivity contribution in [1.29, 1.82) is 0 Å². The second kappa shape index (κ2) is 12.6. The number of pyridine rings is 3. The number of allylic oxidation sites excluding steroid dienone is 4. The van der Waals surface area contributed by atoms with Gasteiger partial charge in [-0.25, -0.2) is 0 Å². The first-order valence-electron chi connectivity index (χ1n) is 20.0. The van der Waals surface area contributed by atoms with E-state index < -0.39 is 5.41 Å². The molecule has 0 amide bonds. The van der Waals surface area contributed by atoms with Gasteiger partial charge in [0.15, 0.2) is 0 Å². The maximum atomic E-state index is 5.10. The van der Waals surface area contributed by atoms with Gasteiger partial charge in [-0.15, -0.1) is 6.54 Å². The van der Waals surface area contributed by atoms with Gasteiger partial charge in [-0.3, -0.25) is 15.0 Å². The van der Waals surface area contributed by atoms with Crippen molar-refractivity contribution in [2.24, 2.45) is 5.92 Å². The van der Waals surface area contributed by atoms with E-state index in [2.05, 4.69) is 166 Å². The summed E-state index contributed by atoms with van der Waals surface area (Å²) in [5.41, 5.74) is 15.7. The Hall–Kier alpha value is -7.31. The van der Waals surface area contributed by atoms with Crippen molar-refractivity contribution < 1.29 is 0 Å². The molecule has 5 aromatic heterocycles. The first-order chi connectivity index (χ1) is 28.7. The minimum Gasteiger partial charge on any atom is -0.687 e. The lowest BCUT2D eigenvalue weighted by Crippen LogP contribution is -2.31. The molecule has 0 bridgehead atoms. The highest BCUT2D eigenvalue weighted by molar-refractivity contribution is 6.15. The van der Waals surface area contributed by atoms with Crippen molar-refractivity contribution in [3.05, 3.63) is 221 Å². The molecule has 6 heteroatoms. The first-order valence-corrected chi connectivity index (χ1v) is 20.0. The van der Waals surface area contributed by atoms with Crippen LogP contribution in [0, 0.1) is 5.92 Å². The fourth-order valence-electron chi connectivity index (χ4n) is 10.3. The molecule has 6 heterocycles. The highest BCUT2D eigenvalue weighted by atomic mass is 15.0. The van der Waals surface area contributed by atoms with Gasteiger partial charge in [0, 0.05) is 52.3 Å². The molecule has 0 saturated carbocycles. The first kappa shape index (κ1) is 32.9. The second-order valence-corrected chi connectivity index (χ2v) is 15.6. The van der Waals surface area contributed by atoms with Crippen LogP contribution in [-0.4, -0.2) is 24.1 Å². The fraction of sp³-hybridized carbons (Fsp3) is 0.0962. The van der Waals surface area contributed by atoms with Gasteiger partial charge in [-0.05, 0) is 99.5 Å². The van der Waals surface area contributed by atoms with Crippen LogP contribution in [0.5, 0.6) is 0 Å². The lowest BCUT2D eigenvalue weighted by Gasteiger charge is -2.32. The highest BCUT2D eigenvalue weighted by Gasteiger charge is 2.50. The van der Waals surface area contributed by atoms with E-state index in [9.17, 15) is 0 Å². The third-order valence-electron chi connectivity index (χ3n) is 12.7. The van der Waals surface area contributed by atoms with E-state index in [0.717, 1.165) is 28.1 Å². The number of benzene rings is 4. The largest absolute Gasteiger partial charge is 0.687 e. The zero-order chi connectivity index (χ0) is 38.4. The molecule has 3 aliphatic rings. The van der Waals surface area contributed by atoms with Crippen LogP contribution < -0.4 is 0 Å². The Balaban J connectivity index is 0.996. The molecule has 2 aliphatic carbocycles. The molecule has 0 radical (unpaired) electrons. The number of para-hydroxylation sites is 1. The molecule has 4 aromatic carbocycles. The molecule has 0 saturated heterocycles. The molecule has 0 spiro atoms. The zero-order valence-electron chi connectivity index (χ0n) is 31.9. The van der Waals surface area contributed by atoms with Gasteiger partial charge >= 0.3 is 0 Å². The van der Waals surface area contributed by atoms with Crippen LogP contribution in [0.4, 0.5) is 0 Å². The lowest BCUT2D eigenvalue weighted by atomic mass is 9.71. The van der Waals surface area contributed by atoms with Crippen molar-refractivity contribution in [1.82, 2.24) is 24.1 Å². The Morgan fingerprint density at radius 1 is 0.672 bits per heavy atom. The van der Waals surface area contributed by atoms with E-state index in [1.54, 1.807) is 0 Å². The number of aromatic nitrogens is 5. The molecular weight excluding hydrogens is 709 g/mol. The van der Waals surface area contributed by atoms with Crippen LogP contribution in [0.3, 0.4) is 0 Å². The van der Waals surface area contributed by atoms with Crippen molar-refractivity contribution in [3.8, 4) is 16.8 Å². The van der Waals surface area contributed by atoms with Gasteiger partial charge in [0.25, 0.3) is 0 Å². The summed E-state index contributed by atoms with van der Waals surface area (Å²) >= 11 is 0. The van der Waals surface area contributed by atoms with Crippen LogP contribution >= 0.6 is 0 Å². The lowest BCUT2D eigenvalue weighted by molar-refractivity contribution is 0.497. The minimum atomic E-state index is -0.712. The smallest absolute Gasteiger partial charge is 0.106 e. The van der Waals surface area contributed by atoms with Gasteiger partial charge in [-0.1, -0.05) is 104 Å². The normalized spacial score (nSPS) is 17.6. The van der Waals surface area contributed by atoms with Crippen molar-refractivity contribution in [2.45, 2.75) is 24.9 Å². The van der Waals surface area contributed by atoms with Crippen LogP contribution in [0.15, 0.2) is 177 Å².